The zero-order chi connectivity index (χ0) is 25.1. The van der Waals surface area contributed by atoms with Gasteiger partial charge in [0, 0.05) is 18.2 Å². The van der Waals surface area contributed by atoms with Crippen molar-refractivity contribution in [1.29, 1.82) is 0 Å². The average molecular weight is 489 g/mol. The SMILES string of the molecule is CCC[C@@H](c1nnnn1Cc1ccc(F)cc1)N(Cc1cc2cccc(C)c2[nH]c1=O)C1CCCC1. The van der Waals surface area contributed by atoms with Crippen molar-refractivity contribution >= 4 is 10.9 Å². The van der Waals surface area contributed by atoms with Crippen molar-refractivity contribution in [1.82, 2.24) is 30.1 Å². The molecule has 1 atom stereocenters. The van der Waals surface area contributed by atoms with E-state index in [9.17, 15) is 9.18 Å². The Morgan fingerprint density at radius 3 is 2.69 bits per heavy atom. The fourth-order valence-electron chi connectivity index (χ4n) is 5.51. The van der Waals surface area contributed by atoms with Crippen molar-refractivity contribution in [3.05, 3.63) is 87.2 Å². The number of aromatic amines is 1. The lowest BCUT2D eigenvalue weighted by molar-refractivity contribution is 0.108. The molecule has 7 nitrogen and oxygen atoms in total. The predicted molar refractivity (Wildman–Crippen MR) is 138 cm³/mol. The van der Waals surface area contributed by atoms with Gasteiger partial charge in [-0.2, -0.15) is 0 Å². The number of para-hydroxylation sites is 1. The van der Waals surface area contributed by atoms with Crippen LogP contribution in [0.25, 0.3) is 10.9 Å². The van der Waals surface area contributed by atoms with Gasteiger partial charge in [-0.25, -0.2) is 9.07 Å². The van der Waals surface area contributed by atoms with Crippen molar-refractivity contribution in [2.45, 2.75) is 77.5 Å². The quantitative estimate of drug-likeness (QED) is 0.346. The molecule has 1 fully saturated rings. The summed E-state index contributed by atoms with van der Waals surface area (Å²) in [5.41, 5.74) is 3.62. The largest absolute Gasteiger partial charge is 0.321 e. The van der Waals surface area contributed by atoms with Crippen LogP contribution in [0.3, 0.4) is 0 Å². The van der Waals surface area contributed by atoms with E-state index in [4.69, 9.17) is 0 Å². The summed E-state index contributed by atoms with van der Waals surface area (Å²) in [5.74, 6) is 0.531. The monoisotopic (exact) mass is 488 g/mol. The van der Waals surface area contributed by atoms with Crippen molar-refractivity contribution in [2.75, 3.05) is 0 Å². The Kier molecular flexibility index (Phi) is 7.23. The maximum absolute atomic E-state index is 13.4. The van der Waals surface area contributed by atoms with E-state index in [2.05, 4.69) is 38.4 Å². The topological polar surface area (TPSA) is 79.7 Å². The molecule has 0 amide bonds. The third-order valence-corrected chi connectivity index (χ3v) is 7.38. The van der Waals surface area contributed by atoms with Crippen LogP contribution in [-0.4, -0.2) is 36.1 Å². The van der Waals surface area contributed by atoms with Gasteiger partial charge in [0.15, 0.2) is 5.82 Å². The first kappa shape index (κ1) is 24.3. The molecular formula is C28H33FN6O. The van der Waals surface area contributed by atoms with Gasteiger partial charge in [0.05, 0.1) is 18.1 Å². The summed E-state index contributed by atoms with van der Waals surface area (Å²) in [4.78, 5) is 18.8. The molecule has 0 unspecified atom stereocenters. The Balaban J connectivity index is 1.51. The van der Waals surface area contributed by atoms with E-state index in [1.54, 1.807) is 12.1 Å². The van der Waals surface area contributed by atoms with Gasteiger partial charge in [0.25, 0.3) is 5.56 Å². The zero-order valence-electron chi connectivity index (χ0n) is 21.0. The zero-order valence-corrected chi connectivity index (χ0v) is 21.0. The second kappa shape index (κ2) is 10.7. The van der Waals surface area contributed by atoms with E-state index in [1.807, 2.05) is 29.8 Å². The number of aromatic nitrogens is 5. The summed E-state index contributed by atoms with van der Waals surface area (Å²) in [7, 11) is 0. The maximum atomic E-state index is 13.4. The van der Waals surface area contributed by atoms with Crippen LogP contribution in [0.15, 0.2) is 53.3 Å². The van der Waals surface area contributed by atoms with E-state index in [-0.39, 0.29) is 17.4 Å². The Morgan fingerprint density at radius 1 is 1.17 bits per heavy atom. The van der Waals surface area contributed by atoms with E-state index in [0.717, 1.165) is 59.1 Å². The molecule has 1 aliphatic carbocycles. The van der Waals surface area contributed by atoms with E-state index in [1.165, 1.54) is 25.0 Å². The predicted octanol–water partition coefficient (Wildman–Crippen LogP) is 5.30. The van der Waals surface area contributed by atoms with Gasteiger partial charge in [0.1, 0.15) is 5.82 Å². The first-order chi connectivity index (χ1) is 17.5. The van der Waals surface area contributed by atoms with Gasteiger partial charge in [-0.15, -0.1) is 5.10 Å². The molecule has 8 heteroatoms. The number of hydrogen-bond donors (Lipinski definition) is 1. The maximum Gasteiger partial charge on any atom is 0.252 e. The molecule has 0 bridgehead atoms. The van der Waals surface area contributed by atoms with Crippen LogP contribution in [0.5, 0.6) is 0 Å². The summed E-state index contributed by atoms with van der Waals surface area (Å²) in [5, 5.41) is 13.8. The second-order valence-electron chi connectivity index (χ2n) is 9.90. The van der Waals surface area contributed by atoms with Gasteiger partial charge in [-0.05, 0) is 71.3 Å². The van der Waals surface area contributed by atoms with Gasteiger partial charge < -0.3 is 4.98 Å². The van der Waals surface area contributed by atoms with Gasteiger partial charge in [-0.1, -0.05) is 56.5 Å². The molecule has 5 rings (SSSR count). The summed E-state index contributed by atoms with van der Waals surface area (Å²) in [6, 6.07) is 14.9. The Bertz CT molecular complexity index is 1370. The molecule has 188 valence electrons. The van der Waals surface area contributed by atoms with Crippen LogP contribution < -0.4 is 5.56 Å². The molecule has 4 aromatic rings. The minimum atomic E-state index is -0.261. The lowest BCUT2D eigenvalue weighted by Gasteiger charge is -2.35. The van der Waals surface area contributed by atoms with Crippen LogP contribution in [0.1, 0.15) is 74.0 Å². The molecule has 0 aliphatic heterocycles. The first-order valence-electron chi connectivity index (χ1n) is 12.9. The average Bonchev–Trinajstić information content (AvgIpc) is 3.56. The molecule has 0 radical (unpaired) electrons. The van der Waals surface area contributed by atoms with Crippen LogP contribution in [0.2, 0.25) is 0 Å². The van der Waals surface area contributed by atoms with E-state index in [0.29, 0.717) is 19.1 Å². The summed E-state index contributed by atoms with van der Waals surface area (Å²) in [6.07, 6.45) is 6.42. The smallest absolute Gasteiger partial charge is 0.252 e. The Morgan fingerprint density at radius 2 is 1.94 bits per heavy atom. The molecule has 0 saturated heterocycles. The Hall–Kier alpha value is -3.39. The molecule has 1 aliphatic rings. The van der Waals surface area contributed by atoms with E-state index >= 15 is 0 Å². The third kappa shape index (κ3) is 5.09. The number of nitrogens with one attached hydrogen (secondary N) is 1. The molecule has 2 aromatic heterocycles. The van der Waals surface area contributed by atoms with E-state index < -0.39 is 0 Å². The van der Waals surface area contributed by atoms with Crippen molar-refractivity contribution < 1.29 is 4.39 Å². The van der Waals surface area contributed by atoms with Crippen LogP contribution in [0.4, 0.5) is 4.39 Å². The normalized spacial score (nSPS) is 15.2. The lowest BCUT2D eigenvalue weighted by Crippen LogP contribution is -2.39. The highest BCUT2D eigenvalue weighted by molar-refractivity contribution is 5.81. The number of nitrogens with zero attached hydrogens (tertiary/aromatic N) is 5. The third-order valence-electron chi connectivity index (χ3n) is 7.38. The number of hydrogen-bond acceptors (Lipinski definition) is 5. The number of fused-ring (bicyclic) bond motifs is 1. The summed E-state index contributed by atoms with van der Waals surface area (Å²) < 4.78 is 15.3. The van der Waals surface area contributed by atoms with Crippen molar-refractivity contribution in [2.24, 2.45) is 0 Å². The fourth-order valence-corrected chi connectivity index (χ4v) is 5.51. The van der Waals surface area contributed by atoms with Crippen LogP contribution >= 0.6 is 0 Å². The minimum Gasteiger partial charge on any atom is -0.321 e. The van der Waals surface area contributed by atoms with Crippen LogP contribution in [-0.2, 0) is 13.1 Å². The van der Waals surface area contributed by atoms with Gasteiger partial charge in [0.2, 0.25) is 0 Å². The molecule has 1 N–H and O–H groups in total. The molecule has 2 aromatic carbocycles. The van der Waals surface area contributed by atoms with Gasteiger partial charge >= 0.3 is 0 Å². The van der Waals surface area contributed by atoms with Gasteiger partial charge in [-0.3, -0.25) is 9.69 Å². The highest BCUT2D eigenvalue weighted by Gasteiger charge is 2.33. The first-order valence-corrected chi connectivity index (χ1v) is 12.9. The number of aryl methyl sites for hydroxylation is 1. The van der Waals surface area contributed by atoms with Crippen molar-refractivity contribution in [3.8, 4) is 0 Å². The number of halogens is 1. The van der Waals surface area contributed by atoms with Crippen molar-refractivity contribution in [3.63, 3.8) is 0 Å². The molecule has 0 spiro atoms. The highest BCUT2D eigenvalue weighted by atomic mass is 19.1. The number of benzene rings is 2. The Labute approximate surface area is 210 Å². The summed E-state index contributed by atoms with van der Waals surface area (Å²) in [6.45, 7) is 5.19. The molecule has 36 heavy (non-hydrogen) atoms. The van der Waals surface area contributed by atoms with Crippen LogP contribution in [0, 0.1) is 12.7 Å². The number of H-pyrrole nitrogens is 1. The minimum absolute atomic E-state index is 0.0267. The standard InChI is InChI=1S/C28H33FN6O/c1-3-7-25(27-31-32-33-35(27)17-20-12-14-23(29)15-13-20)34(24-10-4-5-11-24)18-22-16-21-9-6-8-19(2)26(21)30-28(22)36/h6,8-9,12-16,24-25H,3-5,7,10-11,17-18H2,1-2H3,(H,30,36)/t25-/m0/s1. The highest BCUT2D eigenvalue weighted by Crippen LogP contribution is 2.34. The molecular weight excluding hydrogens is 455 g/mol. The summed E-state index contributed by atoms with van der Waals surface area (Å²) >= 11 is 0. The number of rotatable bonds is 9. The molecule has 2 heterocycles. The molecule has 1 saturated carbocycles. The number of pyridine rings is 1. The second-order valence-corrected chi connectivity index (χ2v) is 9.90. The lowest BCUT2D eigenvalue weighted by atomic mass is 10.0. The number of tetrazole rings is 1. The fraction of sp³-hybridized carbons (Fsp3) is 0.429.